The van der Waals surface area contributed by atoms with Gasteiger partial charge in [0.2, 0.25) is 5.54 Å². The van der Waals surface area contributed by atoms with Crippen molar-refractivity contribution in [3.05, 3.63) is 63.1 Å². The number of benzene rings is 1. The molecule has 9 nitrogen and oxygen atoms in total. The number of methoxy groups -OCH3 is 1. The lowest BCUT2D eigenvalue weighted by Crippen LogP contribution is -2.54. The molecule has 0 radical (unpaired) electrons. The van der Waals surface area contributed by atoms with Crippen molar-refractivity contribution in [2.24, 2.45) is 7.05 Å². The Morgan fingerprint density at radius 1 is 1.23 bits per heavy atom. The predicted molar refractivity (Wildman–Crippen MR) is 113 cm³/mol. The van der Waals surface area contributed by atoms with Gasteiger partial charge in [-0.3, -0.25) is 19.7 Å². The molecule has 3 heterocycles. The predicted octanol–water partition coefficient (Wildman–Crippen LogP) is 0.534. The second-order valence-electron chi connectivity index (χ2n) is 7.58. The zero-order valence-electron chi connectivity index (χ0n) is 17.2. The van der Waals surface area contributed by atoms with Crippen LogP contribution < -0.4 is 20.9 Å². The largest absolute Gasteiger partial charge is 0.497 e. The quantitative estimate of drug-likeness (QED) is 0.554. The van der Waals surface area contributed by atoms with Gasteiger partial charge in [-0.25, -0.2) is 4.79 Å². The van der Waals surface area contributed by atoms with Gasteiger partial charge in [0.25, 0.3) is 17.4 Å². The van der Waals surface area contributed by atoms with E-state index in [4.69, 9.17) is 4.74 Å². The van der Waals surface area contributed by atoms with Crippen molar-refractivity contribution in [1.82, 2.24) is 20.1 Å². The molecule has 2 aliphatic rings. The van der Waals surface area contributed by atoms with Crippen LogP contribution in [0.15, 0.2) is 35.3 Å². The number of urea groups is 1. The van der Waals surface area contributed by atoms with Crippen LogP contribution in [0.1, 0.15) is 28.5 Å². The van der Waals surface area contributed by atoms with Crippen LogP contribution in [0.2, 0.25) is 0 Å². The number of carbonyl (C=O) groups is 3. The Labute approximate surface area is 179 Å². The summed E-state index contributed by atoms with van der Waals surface area (Å²) in [5, 5.41) is 4.76. The average Bonchev–Trinajstić information content (AvgIpc) is 3.19. The Hall–Kier alpha value is -4.06. The molecule has 1 aromatic carbocycles. The molecule has 1 saturated heterocycles. The summed E-state index contributed by atoms with van der Waals surface area (Å²) in [5.41, 5.74) is 0.536. The van der Waals surface area contributed by atoms with Crippen LogP contribution >= 0.6 is 0 Å². The van der Waals surface area contributed by atoms with Crippen molar-refractivity contribution in [3.63, 3.8) is 0 Å². The Balaban J connectivity index is 0.00000289. The maximum Gasteiger partial charge on any atom is 0.323 e. The number of carbonyl (C=O) groups excluding carboxylic acids is 3. The summed E-state index contributed by atoms with van der Waals surface area (Å²) >= 11 is 0. The molecule has 0 spiro atoms. The molecular formula is C22H22N4O5. The smallest absolute Gasteiger partial charge is 0.323 e. The van der Waals surface area contributed by atoms with Gasteiger partial charge in [0.05, 0.1) is 13.7 Å². The first-order valence-electron chi connectivity index (χ1n) is 9.53. The van der Waals surface area contributed by atoms with Crippen molar-refractivity contribution < 1.29 is 20.5 Å². The third kappa shape index (κ3) is 3.53. The first-order chi connectivity index (χ1) is 14.7. The third-order valence-electron chi connectivity index (χ3n) is 5.35. The van der Waals surface area contributed by atoms with E-state index in [-0.39, 0.29) is 26.0 Å². The van der Waals surface area contributed by atoms with Gasteiger partial charge in [0, 0.05) is 37.9 Å². The summed E-state index contributed by atoms with van der Waals surface area (Å²) in [4.78, 5) is 50.9. The third-order valence-corrected chi connectivity index (χ3v) is 5.35. The van der Waals surface area contributed by atoms with Crippen LogP contribution in [-0.2, 0) is 18.4 Å². The highest BCUT2D eigenvalue weighted by Gasteiger charge is 2.48. The van der Waals surface area contributed by atoms with Gasteiger partial charge in [-0.05, 0) is 30.7 Å². The number of aryl methyl sites for hydroxylation is 2. The Morgan fingerprint density at radius 3 is 2.65 bits per heavy atom. The van der Waals surface area contributed by atoms with Crippen LogP contribution in [0.25, 0.3) is 0 Å². The number of pyridine rings is 1. The molecule has 4 amide bonds. The summed E-state index contributed by atoms with van der Waals surface area (Å²) < 4.78 is 6.58. The summed E-state index contributed by atoms with van der Waals surface area (Å²) in [6.45, 7) is 1.82. The minimum absolute atomic E-state index is 0. The normalized spacial score (nSPS) is 19.5. The van der Waals surface area contributed by atoms with E-state index in [0.717, 1.165) is 5.56 Å². The second kappa shape index (κ2) is 7.32. The number of fused-ring (bicyclic) bond motifs is 1. The molecule has 1 fully saturated rings. The van der Waals surface area contributed by atoms with Crippen molar-refractivity contribution in [3.8, 4) is 17.6 Å². The highest BCUT2D eigenvalue weighted by atomic mass is 16.5. The van der Waals surface area contributed by atoms with Gasteiger partial charge >= 0.3 is 6.03 Å². The minimum atomic E-state index is -1.61. The number of nitrogens with one attached hydrogen (secondary N) is 2. The average molecular weight is 422 g/mol. The molecule has 160 valence electrons. The summed E-state index contributed by atoms with van der Waals surface area (Å²) in [5.74, 6) is 5.35. The van der Waals surface area contributed by atoms with E-state index in [9.17, 15) is 19.2 Å². The van der Waals surface area contributed by atoms with E-state index in [1.54, 1.807) is 44.4 Å². The van der Waals surface area contributed by atoms with Crippen LogP contribution in [0, 0.1) is 18.8 Å². The number of amides is 4. The molecule has 1 atom stereocenters. The number of aromatic nitrogens is 1. The molecular weight excluding hydrogens is 400 g/mol. The first-order valence-corrected chi connectivity index (χ1v) is 9.53. The van der Waals surface area contributed by atoms with Crippen LogP contribution in [-0.4, -0.2) is 46.5 Å². The molecule has 4 rings (SSSR count). The van der Waals surface area contributed by atoms with Gasteiger partial charge in [-0.2, -0.15) is 0 Å². The molecule has 0 saturated carbocycles. The maximum absolute atomic E-state index is 12.9. The maximum atomic E-state index is 12.9. The fourth-order valence-electron chi connectivity index (χ4n) is 3.74. The number of ether oxygens (including phenoxy) is 1. The Bertz CT molecular complexity index is 1230. The van der Waals surface area contributed by atoms with Gasteiger partial charge in [0.15, 0.2) is 0 Å². The summed E-state index contributed by atoms with van der Waals surface area (Å²) in [6.07, 6.45) is 1.55. The standard InChI is InChI=1S/C22H20N4O5.H2/c1-13-8-14(10-25(2)18(13)27)6-7-22(20(29)23-21(30)24-22)12-26-11-15-4-5-16(31-3)9-17(15)19(26)28;/h4-5,8-10H,11-12H2,1-3H3,(H2,23,24,29,30);1H/t22-;/m1./s1. The van der Waals surface area contributed by atoms with E-state index < -0.39 is 17.5 Å². The fourth-order valence-corrected chi connectivity index (χ4v) is 3.74. The molecule has 2 N–H and O–H groups in total. The van der Waals surface area contributed by atoms with Crippen molar-refractivity contribution >= 4 is 17.8 Å². The first kappa shape index (κ1) is 20.2. The molecule has 0 aliphatic carbocycles. The van der Waals surface area contributed by atoms with Crippen molar-refractivity contribution in [1.29, 1.82) is 0 Å². The van der Waals surface area contributed by atoms with Crippen LogP contribution in [0.5, 0.6) is 5.75 Å². The molecule has 31 heavy (non-hydrogen) atoms. The van der Waals surface area contributed by atoms with E-state index in [1.165, 1.54) is 16.6 Å². The molecule has 2 aromatic rings. The highest BCUT2D eigenvalue weighted by Crippen LogP contribution is 2.28. The minimum Gasteiger partial charge on any atom is -0.497 e. The van der Waals surface area contributed by atoms with Crippen LogP contribution in [0.4, 0.5) is 4.79 Å². The molecule has 1 aromatic heterocycles. The molecule has 0 bridgehead atoms. The van der Waals surface area contributed by atoms with Gasteiger partial charge in [0.1, 0.15) is 5.75 Å². The van der Waals surface area contributed by atoms with E-state index >= 15 is 0 Å². The van der Waals surface area contributed by atoms with E-state index in [2.05, 4.69) is 22.5 Å². The van der Waals surface area contributed by atoms with Crippen molar-refractivity contribution in [2.45, 2.75) is 19.0 Å². The Kier molecular flexibility index (Phi) is 4.78. The van der Waals surface area contributed by atoms with Gasteiger partial charge in [-0.15, -0.1) is 0 Å². The van der Waals surface area contributed by atoms with E-state index in [0.29, 0.717) is 22.4 Å². The lowest BCUT2D eigenvalue weighted by molar-refractivity contribution is -0.122. The Morgan fingerprint density at radius 2 is 2.00 bits per heavy atom. The molecule has 0 unspecified atom stereocenters. The molecule has 9 heteroatoms. The SMILES string of the molecule is COc1ccc2c(c1)C(=O)N(C[C@@]1(C#Cc3cc(C)c(=O)n(C)c3)NC(=O)NC1=O)C2.[HH]. The van der Waals surface area contributed by atoms with Crippen molar-refractivity contribution in [2.75, 3.05) is 13.7 Å². The van der Waals surface area contributed by atoms with Crippen LogP contribution in [0.3, 0.4) is 0 Å². The number of nitrogens with zero attached hydrogens (tertiary/aromatic N) is 2. The second-order valence-corrected chi connectivity index (χ2v) is 7.58. The lowest BCUT2D eigenvalue weighted by atomic mass is 9.99. The monoisotopic (exact) mass is 422 g/mol. The fraction of sp³-hybridized carbons (Fsp3) is 0.273. The van der Waals surface area contributed by atoms with E-state index in [1.807, 2.05) is 0 Å². The number of rotatable bonds is 3. The topological polar surface area (TPSA) is 110 Å². The number of imide groups is 1. The summed E-state index contributed by atoms with van der Waals surface area (Å²) in [7, 11) is 3.12. The number of hydrogen-bond acceptors (Lipinski definition) is 5. The molecule has 2 aliphatic heterocycles. The summed E-state index contributed by atoms with van der Waals surface area (Å²) in [6, 6.07) is 6.14. The zero-order chi connectivity index (χ0) is 22.3. The highest BCUT2D eigenvalue weighted by molar-refractivity contribution is 6.10. The van der Waals surface area contributed by atoms with Gasteiger partial charge < -0.3 is 19.5 Å². The zero-order valence-corrected chi connectivity index (χ0v) is 17.2. The van der Waals surface area contributed by atoms with Gasteiger partial charge in [-0.1, -0.05) is 17.9 Å². The lowest BCUT2D eigenvalue weighted by Gasteiger charge is -2.26. The number of hydrogen-bond donors (Lipinski definition) is 2.